The van der Waals surface area contributed by atoms with Crippen LogP contribution in [0.1, 0.15) is 31.1 Å². The normalized spacial score (nSPS) is 13.9. The minimum atomic E-state index is -0.843. The monoisotopic (exact) mass is 517 g/mol. The first kappa shape index (κ1) is 25.5. The van der Waals surface area contributed by atoms with Crippen molar-refractivity contribution < 1.29 is 29.2 Å². The summed E-state index contributed by atoms with van der Waals surface area (Å²) in [6.45, 7) is 5.50. The van der Waals surface area contributed by atoms with Gasteiger partial charge in [0.15, 0.2) is 23.0 Å². The van der Waals surface area contributed by atoms with Gasteiger partial charge < -0.3 is 34.5 Å². The van der Waals surface area contributed by atoms with Gasteiger partial charge in [-0.15, -0.1) is 12.4 Å². The summed E-state index contributed by atoms with van der Waals surface area (Å²) < 4.78 is 23.2. The fourth-order valence-corrected chi connectivity index (χ4v) is 3.54. The van der Waals surface area contributed by atoms with Crippen molar-refractivity contribution in [2.45, 2.75) is 32.0 Å². The van der Waals surface area contributed by atoms with Crippen molar-refractivity contribution in [2.24, 2.45) is 0 Å². The van der Waals surface area contributed by atoms with Gasteiger partial charge >= 0.3 is 0 Å². The first-order chi connectivity index (χ1) is 14.3. The maximum Gasteiger partial charge on any atom is 0.175 e. The smallest absolute Gasteiger partial charge is 0.175 e. The lowest BCUT2D eigenvalue weighted by Gasteiger charge is -2.24. The number of hydrogen-bond donors (Lipinski definition) is 3. The number of aliphatic hydroxyl groups is 2. The van der Waals surface area contributed by atoms with E-state index in [0.29, 0.717) is 48.3 Å². The van der Waals surface area contributed by atoms with E-state index in [9.17, 15) is 10.2 Å². The summed E-state index contributed by atoms with van der Waals surface area (Å²) in [5.41, 5.74) is 1.27. The van der Waals surface area contributed by atoms with Crippen molar-refractivity contribution in [1.29, 1.82) is 0 Å². The maximum absolute atomic E-state index is 10.6. The maximum atomic E-state index is 10.6. The quantitative estimate of drug-likeness (QED) is 0.467. The highest BCUT2D eigenvalue weighted by atomic mass is 79.9. The molecule has 0 radical (unpaired) electrons. The third-order valence-corrected chi connectivity index (χ3v) is 5.38. The number of halogens is 2. The molecule has 3 N–H and O–H groups in total. The van der Waals surface area contributed by atoms with Crippen molar-refractivity contribution in [2.75, 3.05) is 33.5 Å². The lowest BCUT2D eigenvalue weighted by molar-refractivity contribution is 0.105. The van der Waals surface area contributed by atoms with Gasteiger partial charge in [0.1, 0.15) is 25.9 Å². The van der Waals surface area contributed by atoms with Crippen molar-refractivity contribution in [1.82, 2.24) is 5.32 Å². The molecule has 0 fully saturated rings. The summed E-state index contributed by atoms with van der Waals surface area (Å²) in [6.07, 6.45) is -0.843. The predicted octanol–water partition coefficient (Wildman–Crippen LogP) is 3.62. The Balaban J connectivity index is 0.00000341. The van der Waals surface area contributed by atoms with Gasteiger partial charge in [-0.2, -0.15) is 0 Å². The van der Waals surface area contributed by atoms with Crippen molar-refractivity contribution in [3.05, 3.63) is 45.9 Å². The van der Waals surface area contributed by atoms with Gasteiger partial charge in [0.2, 0.25) is 0 Å². The standard InChI is InChI=1S/C22H28BrNO6.ClH/c1-22(2,13-25)24-11-14-8-16(23)21(20(9-14)27-3)30-12-17(26)15-4-5-18-19(10-15)29-7-6-28-18;/h4-5,8-10,17,24-26H,6-7,11-13H2,1-3H3;1H. The van der Waals surface area contributed by atoms with Gasteiger partial charge in [0, 0.05) is 12.1 Å². The van der Waals surface area contributed by atoms with Crippen LogP contribution in [0.4, 0.5) is 0 Å². The highest BCUT2D eigenvalue weighted by Gasteiger charge is 2.19. The van der Waals surface area contributed by atoms with Crippen molar-refractivity contribution in [3.63, 3.8) is 0 Å². The van der Waals surface area contributed by atoms with Crippen molar-refractivity contribution in [3.8, 4) is 23.0 Å². The molecule has 1 aliphatic heterocycles. The molecule has 1 aliphatic rings. The zero-order valence-corrected chi connectivity index (χ0v) is 20.2. The molecule has 1 unspecified atom stereocenters. The third-order valence-electron chi connectivity index (χ3n) is 4.79. The van der Waals surface area contributed by atoms with E-state index in [1.807, 2.05) is 26.0 Å². The van der Waals surface area contributed by atoms with E-state index in [0.717, 1.165) is 10.0 Å². The molecule has 0 saturated heterocycles. The first-order valence-corrected chi connectivity index (χ1v) is 10.5. The minimum absolute atomic E-state index is 0. The Morgan fingerprint density at radius 1 is 1.16 bits per heavy atom. The van der Waals surface area contributed by atoms with E-state index in [-0.39, 0.29) is 31.2 Å². The van der Waals surface area contributed by atoms with Crippen LogP contribution in [-0.4, -0.2) is 49.3 Å². The number of rotatable bonds is 9. The second-order valence-corrected chi connectivity index (χ2v) is 8.59. The van der Waals surface area contributed by atoms with Gasteiger partial charge in [0.25, 0.3) is 0 Å². The summed E-state index contributed by atoms with van der Waals surface area (Å²) >= 11 is 3.53. The molecule has 31 heavy (non-hydrogen) atoms. The lowest BCUT2D eigenvalue weighted by atomic mass is 10.1. The fourth-order valence-electron chi connectivity index (χ4n) is 2.94. The van der Waals surface area contributed by atoms with Gasteiger partial charge in [-0.25, -0.2) is 0 Å². The molecular formula is C22H29BrClNO6. The molecule has 3 rings (SSSR count). The zero-order chi connectivity index (χ0) is 21.7. The Morgan fingerprint density at radius 2 is 1.87 bits per heavy atom. The molecule has 0 aliphatic carbocycles. The summed E-state index contributed by atoms with van der Waals surface area (Å²) in [7, 11) is 1.57. The van der Waals surface area contributed by atoms with Gasteiger partial charge in [-0.1, -0.05) is 6.07 Å². The molecule has 0 aromatic heterocycles. The number of aliphatic hydroxyl groups excluding tert-OH is 2. The number of fused-ring (bicyclic) bond motifs is 1. The van der Waals surface area contributed by atoms with E-state index in [2.05, 4.69) is 21.2 Å². The topological polar surface area (TPSA) is 89.4 Å². The van der Waals surface area contributed by atoms with E-state index >= 15 is 0 Å². The van der Waals surface area contributed by atoms with Crippen LogP contribution in [0.3, 0.4) is 0 Å². The molecule has 172 valence electrons. The number of benzene rings is 2. The molecular weight excluding hydrogens is 490 g/mol. The van der Waals surface area contributed by atoms with Crippen LogP contribution >= 0.6 is 28.3 Å². The third kappa shape index (κ3) is 6.63. The van der Waals surface area contributed by atoms with Crippen LogP contribution in [0.25, 0.3) is 0 Å². The molecule has 1 atom stereocenters. The molecule has 0 spiro atoms. The summed E-state index contributed by atoms with van der Waals surface area (Å²) in [5, 5.41) is 23.3. The Kier molecular flexibility index (Phi) is 9.27. The lowest BCUT2D eigenvalue weighted by Crippen LogP contribution is -2.42. The summed E-state index contributed by atoms with van der Waals surface area (Å²) in [4.78, 5) is 0. The SMILES string of the molecule is COc1cc(CNC(C)(C)CO)cc(Br)c1OCC(O)c1ccc2c(c1)OCCO2.Cl. The van der Waals surface area contributed by atoms with E-state index < -0.39 is 6.10 Å². The average Bonchev–Trinajstić information content (AvgIpc) is 2.76. The summed E-state index contributed by atoms with van der Waals surface area (Å²) in [5.74, 6) is 2.37. The average molecular weight is 519 g/mol. The molecule has 0 amide bonds. The van der Waals surface area contributed by atoms with E-state index in [1.54, 1.807) is 25.3 Å². The number of methoxy groups -OCH3 is 1. The number of nitrogens with one attached hydrogen (secondary N) is 1. The molecule has 0 saturated carbocycles. The van der Waals surface area contributed by atoms with Gasteiger partial charge in [-0.05, 0) is 65.2 Å². The second kappa shape index (κ2) is 11.2. The number of ether oxygens (including phenoxy) is 4. The Hall–Kier alpha value is -1.71. The van der Waals surface area contributed by atoms with Crippen LogP contribution in [-0.2, 0) is 6.54 Å². The molecule has 9 heteroatoms. The van der Waals surface area contributed by atoms with Gasteiger partial charge in [-0.3, -0.25) is 0 Å². The van der Waals surface area contributed by atoms with Crippen LogP contribution in [0.5, 0.6) is 23.0 Å². The highest BCUT2D eigenvalue weighted by molar-refractivity contribution is 9.10. The van der Waals surface area contributed by atoms with Crippen LogP contribution in [0.15, 0.2) is 34.8 Å². The molecule has 2 aromatic carbocycles. The molecule has 2 aromatic rings. The fraction of sp³-hybridized carbons (Fsp3) is 0.455. The van der Waals surface area contributed by atoms with Crippen LogP contribution in [0.2, 0.25) is 0 Å². The van der Waals surface area contributed by atoms with Crippen LogP contribution in [0, 0.1) is 0 Å². The Morgan fingerprint density at radius 3 is 2.55 bits per heavy atom. The second-order valence-electron chi connectivity index (χ2n) is 7.73. The molecule has 7 nitrogen and oxygen atoms in total. The van der Waals surface area contributed by atoms with Gasteiger partial charge in [0.05, 0.1) is 18.2 Å². The number of hydrogen-bond acceptors (Lipinski definition) is 7. The minimum Gasteiger partial charge on any atom is -0.493 e. The first-order valence-electron chi connectivity index (χ1n) is 9.75. The van der Waals surface area contributed by atoms with Crippen LogP contribution < -0.4 is 24.3 Å². The van der Waals surface area contributed by atoms with E-state index in [1.165, 1.54) is 0 Å². The van der Waals surface area contributed by atoms with Crippen molar-refractivity contribution >= 4 is 28.3 Å². The Bertz CT molecular complexity index is 879. The Labute approximate surface area is 197 Å². The predicted molar refractivity (Wildman–Crippen MR) is 124 cm³/mol. The largest absolute Gasteiger partial charge is 0.493 e. The molecule has 1 heterocycles. The highest BCUT2D eigenvalue weighted by Crippen LogP contribution is 2.38. The zero-order valence-electron chi connectivity index (χ0n) is 17.8. The molecule has 0 bridgehead atoms. The van der Waals surface area contributed by atoms with E-state index in [4.69, 9.17) is 18.9 Å². The summed E-state index contributed by atoms with van der Waals surface area (Å²) in [6, 6.07) is 9.16.